The SMILES string of the molecule is Nc1ccn(CCn2cnc3ccc(Br)cc3c2=O)n1. The number of aryl methyl sites for hydroxylation is 2. The zero-order valence-corrected chi connectivity index (χ0v) is 12.1. The van der Waals surface area contributed by atoms with Crippen LogP contribution in [0, 0.1) is 0 Å². The van der Waals surface area contributed by atoms with Crippen molar-refractivity contribution in [2.45, 2.75) is 13.1 Å². The van der Waals surface area contributed by atoms with Gasteiger partial charge in [0.2, 0.25) is 0 Å². The number of aromatic nitrogens is 4. The Labute approximate surface area is 123 Å². The zero-order valence-electron chi connectivity index (χ0n) is 10.5. The highest BCUT2D eigenvalue weighted by Gasteiger charge is 2.05. The van der Waals surface area contributed by atoms with Crippen molar-refractivity contribution in [2.75, 3.05) is 5.73 Å². The molecule has 0 spiro atoms. The summed E-state index contributed by atoms with van der Waals surface area (Å²) in [5.41, 5.74) is 6.18. The second kappa shape index (κ2) is 5.09. The van der Waals surface area contributed by atoms with Gasteiger partial charge in [-0.05, 0) is 24.3 Å². The molecule has 102 valence electrons. The molecule has 20 heavy (non-hydrogen) atoms. The fraction of sp³-hybridized carbons (Fsp3) is 0.154. The van der Waals surface area contributed by atoms with E-state index in [2.05, 4.69) is 26.0 Å². The first kappa shape index (κ1) is 12.9. The van der Waals surface area contributed by atoms with E-state index in [-0.39, 0.29) is 5.56 Å². The molecule has 0 aliphatic heterocycles. The maximum Gasteiger partial charge on any atom is 0.261 e. The van der Waals surface area contributed by atoms with Crippen LogP contribution in [-0.4, -0.2) is 19.3 Å². The first-order chi connectivity index (χ1) is 9.63. The Kier molecular flexibility index (Phi) is 3.27. The third-order valence-corrected chi connectivity index (χ3v) is 3.51. The lowest BCUT2D eigenvalue weighted by Gasteiger charge is -2.07. The second-order valence-electron chi connectivity index (χ2n) is 4.41. The van der Waals surface area contributed by atoms with Crippen molar-refractivity contribution in [1.82, 2.24) is 19.3 Å². The van der Waals surface area contributed by atoms with Crippen molar-refractivity contribution in [2.24, 2.45) is 0 Å². The predicted molar refractivity (Wildman–Crippen MR) is 80.3 cm³/mol. The number of anilines is 1. The van der Waals surface area contributed by atoms with Crippen LogP contribution in [0.3, 0.4) is 0 Å². The van der Waals surface area contributed by atoms with E-state index in [1.165, 1.54) is 0 Å². The molecule has 3 rings (SSSR count). The third kappa shape index (κ3) is 2.44. The minimum absolute atomic E-state index is 0.0589. The van der Waals surface area contributed by atoms with Gasteiger partial charge >= 0.3 is 0 Å². The van der Waals surface area contributed by atoms with Crippen LogP contribution in [0.1, 0.15) is 0 Å². The summed E-state index contributed by atoms with van der Waals surface area (Å²) in [6.07, 6.45) is 3.34. The first-order valence-corrected chi connectivity index (χ1v) is 6.86. The number of hydrogen-bond donors (Lipinski definition) is 1. The smallest absolute Gasteiger partial charge is 0.261 e. The Morgan fingerprint density at radius 2 is 2.10 bits per heavy atom. The molecule has 0 fully saturated rings. The first-order valence-electron chi connectivity index (χ1n) is 6.07. The molecular formula is C13H12BrN5O. The minimum Gasteiger partial charge on any atom is -0.382 e. The summed E-state index contributed by atoms with van der Waals surface area (Å²) in [6.45, 7) is 1.06. The van der Waals surface area contributed by atoms with Crippen molar-refractivity contribution in [1.29, 1.82) is 0 Å². The van der Waals surface area contributed by atoms with Gasteiger partial charge in [-0.2, -0.15) is 5.10 Å². The quantitative estimate of drug-likeness (QED) is 0.790. The van der Waals surface area contributed by atoms with Crippen LogP contribution >= 0.6 is 15.9 Å². The van der Waals surface area contributed by atoms with Crippen LogP contribution in [0.2, 0.25) is 0 Å². The molecule has 0 amide bonds. The number of benzene rings is 1. The highest BCUT2D eigenvalue weighted by Crippen LogP contribution is 2.14. The molecular weight excluding hydrogens is 322 g/mol. The molecule has 6 nitrogen and oxygen atoms in total. The summed E-state index contributed by atoms with van der Waals surface area (Å²) in [7, 11) is 0. The Morgan fingerprint density at radius 3 is 2.85 bits per heavy atom. The zero-order chi connectivity index (χ0) is 14.1. The normalized spacial score (nSPS) is 11.1. The van der Waals surface area contributed by atoms with E-state index in [4.69, 9.17) is 5.73 Å². The number of rotatable bonds is 3. The van der Waals surface area contributed by atoms with E-state index >= 15 is 0 Å². The molecule has 0 atom stereocenters. The van der Waals surface area contributed by atoms with E-state index in [0.717, 1.165) is 4.47 Å². The highest BCUT2D eigenvalue weighted by atomic mass is 79.9. The number of nitrogens with zero attached hydrogens (tertiary/aromatic N) is 4. The average Bonchev–Trinajstić information content (AvgIpc) is 2.84. The summed E-state index contributed by atoms with van der Waals surface area (Å²) < 4.78 is 4.14. The fourth-order valence-corrected chi connectivity index (χ4v) is 2.36. The van der Waals surface area contributed by atoms with E-state index < -0.39 is 0 Å². The number of nitrogen functional groups attached to an aromatic ring is 1. The van der Waals surface area contributed by atoms with Gasteiger partial charge in [0.25, 0.3) is 5.56 Å². The molecule has 7 heteroatoms. The van der Waals surface area contributed by atoms with Crippen molar-refractivity contribution < 1.29 is 0 Å². The topological polar surface area (TPSA) is 78.7 Å². The highest BCUT2D eigenvalue weighted by molar-refractivity contribution is 9.10. The largest absolute Gasteiger partial charge is 0.382 e. The van der Waals surface area contributed by atoms with Gasteiger partial charge in [0.15, 0.2) is 0 Å². The van der Waals surface area contributed by atoms with Crippen molar-refractivity contribution in [3.63, 3.8) is 0 Å². The lowest BCUT2D eigenvalue weighted by atomic mass is 10.2. The number of halogens is 1. The molecule has 0 unspecified atom stereocenters. The van der Waals surface area contributed by atoms with Gasteiger partial charge < -0.3 is 5.73 Å². The lowest BCUT2D eigenvalue weighted by molar-refractivity contribution is 0.523. The van der Waals surface area contributed by atoms with Crippen LogP contribution in [-0.2, 0) is 13.1 Å². The van der Waals surface area contributed by atoms with Gasteiger partial charge in [0.1, 0.15) is 5.82 Å². The van der Waals surface area contributed by atoms with Gasteiger partial charge in [0, 0.05) is 17.2 Å². The van der Waals surface area contributed by atoms with E-state index in [0.29, 0.717) is 29.8 Å². The Balaban J connectivity index is 1.92. The third-order valence-electron chi connectivity index (χ3n) is 3.02. The monoisotopic (exact) mass is 333 g/mol. The average molecular weight is 334 g/mol. The second-order valence-corrected chi connectivity index (χ2v) is 5.32. The molecule has 3 aromatic rings. The summed E-state index contributed by atoms with van der Waals surface area (Å²) in [5, 5.41) is 4.68. The predicted octanol–water partition coefficient (Wildman–Crippen LogP) is 1.64. The molecule has 0 saturated heterocycles. The molecule has 0 aliphatic rings. The molecule has 0 saturated carbocycles. The van der Waals surface area contributed by atoms with Crippen molar-refractivity contribution in [3.05, 3.63) is 51.6 Å². The van der Waals surface area contributed by atoms with E-state index in [9.17, 15) is 4.79 Å². The number of hydrogen-bond acceptors (Lipinski definition) is 4. The molecule has 0 radical (unpaired) electrons. The lowest BCUT2D eigenvalue weighted by Crippen LogP contribution is -2.23. The summed E-state index contributed by atoms with van der Waals surface area (Å²) >= 11 is 3.37. The molecule has 0 bridgehead atoms. The van der Waals surface area contributed by atoms with Crippen LogP contribution in [0.15, 0.2) is 46.1 Å². The summed E-state index contributed by atoms with van der Waals surface area (Å²) in [4.78, 5) is 16.6. The minimum atomic E-state index is -0.0589. The number of nitrogens with two attached hydrogens (primary N) is 1. The fourth-order valence-electron chi connectivity index (χ4n) is 2.00. The van der Waals surface area contributed by atoms with Gasteiger partial charge in [-0.3, -0.25) is 14.0 Å². The maximum atomic E-state index is 12.4. The summed E-state index contributed by atoms with van der Waals surface area (Å²) in [5.74, 6) is 0.470. The summed E-state index contributed by atoms with van der Waals surface area (Å²) in [6, 6.07) is 7.19. The van der Waals surface area contributed by atoms with Gasteiger partial charge in [-0.1, -0.05) is 15.9 Å². The van der Waals surface area contributed by atoms with Gasteiger partial charge in [0.05, 0.1) is 23.8 Å². The van der Waals surface area contributed by atoms with Gasteiger partial charge in [-0.15, -0.1) is 0 Å². The van der Waals surface area contributed by atoms with Crippen molar-refractivity contribution in [3.8, 4) is 0 Å². The van der Waals surface area contributed by atoms with Crippen molar-refractivity contribution >= 4 is 32.7 Å². The van der Waals surface area contributed by atoms with Gasteiger partial charge in [-0.25, -0.2) is 4.98 Å². The molecule has 0 aliphatic carbocycles. The molecule has 1 aromatic carbocycles. The van der Waals surface area contributed by atoms with Crippen LogP contribution in [0.5, 0.6) is 0 Å². The Morgan fingerprint density at radius 1 is 1.25 bits per heavy atom. The number of fused-ring (bicyclic) bond motifs is 1. The standard InChI is InChI=1S/C13H12BrN5O/c14-9-1-2-11-10(7-9)13(20)18(8-16-11)5-6-19-4-3-12(15)17-19/h1-4,7-8H,5-6H2,(H2,15,17). The molecule has 2 aromatic heterocycles. The molecule has 2 heterocycles. The van der Waals surface area contributed by atoms with Crippen LogP contribution in [0.25, 0.3) is 10.9 Å². The Hall–Kier alpha value is -2.15. The van der Waals surface area contributed by atoms with Crippen LogP contribution < -0.4 is 11.3 Å². The Bertz CT molecular complexity index is 823. The van der Waals surface area contributed by atoms with E-state index in [1.54, 1.807) is 33.9 Å². The van der Waals surface area contributed by atoms with Crippen LogP contribution in [0.4, 0.5) is 5.82 Å². The van der Waals surface area contributed by atoms with E-state index in [1.807, 2.05) is 12.1 Å². The molecule has 2 N–H and O–H groups in total. The maximum absolute atomic E-state index is 12.4.